The minimum Gasteiger partial charge on any atom is -0.490 e. The molecule has 0 aliphatic carbocycles. The number of carbonyl (C=O) groups is 2. The highest BCUT2D eigenvalue weighted by Gasteiger charge is 2.26. The van der Waals surface area contributed by atoms with Crippen LogP contribution < -0.4 is 14.8 Å². The van der Waals surface area contributed by atoms with Gasteiger partial charge in [0.05, 0.1) is 13.2 Å². The first kappa shape index (κ1) is 27.5. The third-order valence-corrected chi connectivity index (χ3v) is 5.75. The number of ether oxygens (including phenoxy) is 2. The van der Waals surface area contributed by atoms with Crippen LogP contribution in [-0.2, 0) is 22.6 Å². The molecular weight excluding hydrogens is 452 g/mol. The zero-order valence-corrected chi connectivity index (χ0v) is 21.7. The van der Waals surface area contributed by atoms with Crippen molar-refractivity contribution in [2.75, 3.05) is 19.8 Å². The van der Waals surface area contributed by atoms with Crippen molar-refractivity contribution in [1.82, 2.24) is 10.2 Å². The molecule has 2 aromatic rings. The third kappa shape index (κ3) is 8.24. The predicted molar refractivity (Wildman–Crippen MR) is 136 cm³/mol. The summed E-state index contributed by atoms with van der Waals surface area (Å²) >= 11 is 6.36. The summed E-state index contributed by atoms with van der Waals surface area (Å²) in [4.78, 5) is 27.7. The minimum atomic E-state index is -0.623. The Morgan fingerprint density at radius 2 is 1.68 bits per heavy atom. The van der Waals surface area contributed by atoms with Gasteiger partial charge in [0.25, 0.3) is 0 Å². The summed E-state index contributed by atoms with van der Waals surface area (Å²) in [5, 5.41) is 3.51. The Hall–Kier alpha value is -2.73. The fourth-order valence-corrected chi connectivity index (χ4v) is 3.69. The molecule has 0 spiro atoms. The summed E-state index contributed by atoms with van der Waals surface area (Å²) in [6.45, 7) is 11.6. The number of hydrogen-bond acceptors (Lipinski definition) is 4. The number of aryl methyl sites for hydroxylation is 1. The van der Waals surface area contributed by atoms with Gasteiger partial charge in [0.1, 0.15) is 6.04 Å². The molecule has 0 saturated heterocycles. The molecule has 1 atom stereocenters. The van der Waals surface area contributed by atoms with E-state index in [4.69, 9.17) is 21.1 Å². The molecular formula is C27H37ClN2O4. The van der Waals surface area contributed by atoms with Crippen LogP contribution in [0.3, 0.4) is 0 Å². The first-order valence-electron chi connectivity index (χ1n) is 12.0. The monoisotopic (exact) mass is 488 g/mol. The van der Waals surface area contributed by atoms with Crippen molar-refractivity contribution in [3.05, 3.63) is 58.6 Å². The van der Waals surface area contributed by atoms with E-state index in [1.807, 2.05) is 64.1 Å². The van der Waals surface area contributed by atoms with Crippen molar-refractivity contribution in [1.29, 1.82) is 0 Å². The number of hydrogen-bond donors (Lipinski definition) is 1. The van der Waals surface area contributed by atoms with Crippen molar-refractivity contribution >= 4 is 23.4 Å². The van der Waals surface area contributed by atoms with Crippen LogP contribution in [0.4, 0.5) is 0 Å². The maximum Gasteiger partial charge on any atom is 0.242 e. The average Bonchev–Trinajstić information content (AvgIpc) is 2.81. The van der Waals surface area contributed by atoms with E-state index in [1.165, 1.54) is 0 Å². The highest BCUT2D eigenvalue weighted by molar-refractivity contribution is 6.31. The van der Waals surface area contributed by atoms with Crippen LogP contribution in [0.25, 0.3) is 0 Å². The molecule has 0 saturated carbocycles. The molecule has 2 rings (SSSR count). The Balaban J connectivity index is 2.18. The SMILES string of the molecule is CCOc1ccc(CCC(=O)N(Cc2ccccc2Cl)C(C)C(=O)NCC(C)C)cc1OCC. The summed E-state index contributed by atoms with van der Waals surface area (Å²) in [6.07, 6.45) is 0.774. The van der Waals surface area contributed by atoms with Crippen molar-refractivity contribution in [2.45, 2.75) is 60.0 Å². The largest absolute Gasteiger partial charge is 0.490 e. The molecule has 0 aliphatic rings. The number of carbonyl (C=O) groups excluding carboxylic acids is 2. The summed E-state index contributed by atoms with van der Waals surface area (Å²) in [6, 6.07) is 12.5. The second kappa shape index (κ2) is 13.9. The Kier molecular flexibility index (Phi) is 11.2. The van der Waals surface area contributed by atoms with Gasteiger partial charge in [-0.15, -0.1) is 0 Å². The number of halogens is 1. The van der Waals surface area contributed by atoms with Crippen molar-refractivity contribution in [3.63, 3.8) is 0 Å². The second-order valence-electron chi connectivity index (χ2n) is 8.58. The van der Waals surface area contributed by atoms with Gasteiger partial charge in [-0.3, -0.25) is 9.59 Å². The van der Waals surface area contributed by atoms with Crippen LogP contribution in [0.5, 0.6) is 11.5 Å². The van der Waals surface area contributed by atoms with Crippen LogP contribution in [-0.4, -0.2) is 42.5 Å². The Bertz CT molecular complexity index is 948. The van der Waals surface area contributed by atoms with Gasteiger partial charge in [-0.05, 0) is 62.4 Å². The molecule has 0 heterocycles. The highest BCUT2D eigenvalue weighted by atomic mass is 35.5. The smallest absolute Gasteiger partial charge is 0.242 e. The molecule has 1 N–H and O–H groups in total. The number of rotatable bonds is 13. The molecule has 34 heavy (non-hydrogen) atoms. The lowest BCUT2D eigenvalue weighted by atomic mass is 10.1. The fraction of sp³-hybridized carbons (Fsp3) is 0.481. The molecule has 0 fully saturated rings. The molecule has 0 aliphatic heterocycles. The number of nitrogens with zero attached hydrogens (tertiary/aromatic N) is 1. The first-order valence-corrected chi connectivity index (χ1v) is 12.3. The van der Waals surface area contributed by atoms with Crippen LogP contribution in [0.2, 0.25) is 5.02 Å². The van der Waals surface area contributed by atoms with E-state index in [0.29, 0.717) is 48.6 Å². The Morgan fingerprint density at radius 3 is 2.32 bits per heavy atom. The molecule has 6 nitrogen and oxygen atoms in total. The van der Waals surface area contributed by atoms with E-state index >= 15 is 0 Å². The standard InChI is InChI=1S/C27H37ClN2O4/c1-6-33-24-14-12-21(16-25(24)34-7-2)13-15-26(31)30(18-22-10-8-9-11-23(22)28)20(5)27(32)29-17-19(3)4/h8-12,14,16,19-20H,6-7,13,15,17-18H2,1-5H3,(H,29,32). The molecule has 2 amide bonds. The summed E-state index contributed by atoms with van der Waals surface area (Å²) in [5.74, 6) is 1.40. The first-order chi connectivity index (χ1) is 16.3. The van der Waals surface area contributed by atoms with E-state index in [9.17, 15) is 9.59 Å². The Labute approximate surface area is 208 Å². The summed E-state index contributed by atoms with van der Waals surface area (Å²) < 4.78 is 11.3. The normalized spacial score (nSPS) is 11.7. The summed E-state index contributed by atoms with van der Waals surface area (Å²) in [7, 11) is 0. The van der Waals surface area contributed by atoms with Gasteiger partial charge >= 0.3 is 0 Å². The van der Waals surface area contributed by atoms with Gasteiger partial charge in [-0.2, -0.15) is 0 Å². The second-order valence-corrected chi connectivity index (χ2v) is 8.98. The van der Waals surface area contributed by atoms with Crippen molar-refractivity contribution in [2.24, 2.45) is 5.92 Å². The number of benzene rings is 2. The summed E-state index contributed by atoms with van der Waals surface area (Å²) in [5.41, 5.74) is 1.77. The molecule has 0 radical (unpaired) electrons. The number of amides is 2. The van der Waals surface area contributed by atoms with Gasteiger partial charge in [-0.25, -0.2) is 0 Å². The van der Waals surface area contributed by atoms with Gasteiger partial charge in [0, 0.05) is 24.5 Å². The topological polar surface area (TPSA) is 67.9 Å². The maximum absolute atomic E-state index is 13.3. The Morgan fingerprint density at radius 1 is 1.00 bits per heavy atom. The average molecular weight is 489 g/mol. The fourth-order valence-electron chi connectivity index (χ4n) is 3.49. The molecule has 0 bridgehead atoms. The van der Waals surface area contributed by atoms with Crippen LogP contribution >= 0.6 is 11.6 Å². The van der Waals surface area contributed by atoms with Crippen molar-refractivity contribution < 1.29 is 19.1 Å². The molecule has 7 heteroatoms. The van der Waals surface area contributed by atoms with Gasteiger partial charge in [0.15, 0.2) is 11.5 Å². The van der Waals surface area contributed by atoms with Gasteiger partial charge < -0.3 is 19.7 Å². The van der Waals surface area contributed by atoms with E-state index < -0.39 is 6.04 Å². The van der Waals surface area contributed by atoms with E-state index in [0.717, 1.165) is 11.1 Å². The highest BCUT2D eigenvalue weighted by Crippen LogP contribution is 2.29. The molecule has 186 valence electrons. The minimum absolute atomic E-state index is 0.112. The van der Waals surface area contributed by atoms with Crippen LogP contribution in [0.15, 0.2) is 42.5 Å². The number of nitrogens with one attached hydrogen (secondary N) is 1. The van der Waals surface area contributed by atoms with E-state index in [1.54, 1.807) is 17.9 Å². The van der Waals surface area contributed by atoms with Gasteiger partial charge in [-0.1, -0.05) is 49.7 Å². The van der Waals surface area contributed by atoms with Crippen LogP contribution in [0, 0.1) is 5.92 Å². The lowest BCUT2D eigenvalue weighted by Gasteiger charge is -2.29. The molecule has 0 aromatic heterocycles. The van der Waals surface area contributed by atoms with Crippen LogP contribution in [0.1, 0.15) is 52.2 Å². The zero-order chi connectivity index (χ0) is 25.1. The lowest BCUT2D eigenvalue weighted by Crippen LogP contribution is -2.48. The van der Waals surface area contributed by atoms with E-state index in [2.05, 4.69) is 5.32 Å². The predicted octanol–water partition coefficient (Wildman–Crippen LogP) is 5.26. The third-order valence-electron chi connectivity index (χ3n) is 5.39. The van der Waals surface area contributed by atoms with E-state index in [-0.39, 0.29) is 24.8 Å². The van der Waals surface area contributed by atoms with Crippen molar-refractivity contribution in [3.8, 4) is 11.5 Å². The zero-order valence-electron chi connectivity index (χ0n) is 20.9. The molecule has 1 unspecified atom stereocenters. The van der Waals surface area contributed by atoms with Gasteiger partial charge in [0.2, 0.25) is 11.8 Å². The quantitative estimate of drug-likeness (QED) is 0.417. The lowest BCUT2D eigenvalue weighted by molar-refractivity contribution is -0.140. The molecule has 2 aromatic carbocycles. The maximum atomic E-state index is 13.3.